The SMILES string of the molecule is Nc1ccc(C2CCC(=NOC3CCN(C(=O)Oc4ccccc4)C3)CC2)c(F)c1. The minimum Gasteiger partial charge on any atom is -0.410 e. The van der Waals surface area contributed by atoms with Gasteiger partial charge in [-0.3, -0.25) is 0 Å². The second kappa shape index (κ2) is 9.15. The van der Waals surface area contributed by atoms with Crippen LogP contribution in [-0.4, -0.2) is 35.9 Å². The van der Waals surface area contributed by atoms with Crippen molar-refractivity contribution in [2.45, 2.75) is 44.1 Å². The number of likely N-dealkylation sites (tertiary alicyclic amines) is 1. The number of nitrogens with two attached hydrogens (primary N) is 1. The van der Waals surface area contributed by atoms with Crippen molar-refractivity contribution in [3.8, 4) is 5.75 Å². The van der Waals surface area contributed by atoms with E-state index in [-0.39, 0.29) is 23.9 Å². The summed E-state index contributed by atoms with van der Waals surface area (Å²) in [6, 6.07) is 13.9. The first kappa shape index (κ1) is 20.2. The average molecular weight is 411 g/mol. The number of amides is 1. The van der Waals surface area contributed by atoms with Gasteiger partial charge < -0.3 is 20.2 Å². The summed E-state index contributed by atoms with van der Waals surface area (Å²) in [6.45, 7) is 1.04. The fraction of sp³-hybridized carbons (Fsp3) is 0.391. The number of halogens is 1. The molecule has 0 radical (unpaired) electrons. The number of nitrogen functional groups attached to an aromatic ring is 1. The quantitative estimate of drug-likeness (QED) is 0.584. The summed E-state index contributed by atoms with van der Waals surface area (Å²) in [5.41, 5.74) is 7.80. The van der Waals surface area contributed by atoms with Crippen molar-refractivity contribution < 1.29 is 18.8 Å². The molecule has 1 aliphatic carbocycles. The van der Waals surface area contributed by atoms with E-state index in [4.69, 9.17) is 15.3 Å². The zero-order chi connectivity index (χ0) is 20.9. The summed E-state index contributed by atoms with van der Waals surface area (Å²) in [4.78, 5) is 19.6. The topological polar surface area (TPSA) is 77.2 Å². The molecule has 0 bridgehead atoms. The van der Waals surface area contributed by atoms with Gasteiger partial charge in [0.1, 0.15) is 17.7 Å². The Labute approximate surface area is 175 Å². The molecule has 1 saturated carbocycles. The highest BCUT2D eigenvalue weighted by molar-refractivity contribution is 5.84. The second-order valence-corrected chi connectivity index (χ2v) is 7.86. The zero-order valence-corrected chi connectivity index (χ0v) is 16.8. The van der Waals surface area contributed by atoms with Gasteiger partial charge in [0.15, 0.2) is 0 Å². The van der Waals surface area contributed by atoms with Crippen molar-refractivity contribution in [1.82, 2.24) is 4.90 Å². The van der Waals surface area contributed by atoms with Crippen LogP contribution in [-0.2, 0) is 4.84 Å². The highest BCUT2D eigenvalue weighted by atomic mass is 19.1. The van der Waals surface area contributed by atoms with E-state index in [9.17, 15) is 9.18 Å². The maximum Gasteiger partial charge on any atom is 0.415 e. The van der Waals surface area contributed by atoms with E-state index >= 15 is 0 Å². The minimum absolute atomic E-state index is 0.131. The lowest BCUT2D eigenvalue weighted by molar-refractivity contribution is 0.0636. The number of benzene rings is 2. The Kier molecular flexibility index (Phi) is 6.16. The van der Waals surface area contributed by atoms with Crippen LogP contribution in [0.25, 0.3) is 0 Å². The van der Waals surface area contributed by atoms with Crippen molar-refractivity contribution in [3.05, 3.63) is 59.9 Å². The molecule has 2 aromatic rings. The third-order valence-corrected chi connectivity index (χ3v) is 5.71. The Hall–Kier alpha value is -3.09. The molecule has 6 nitrogen and oxygen atoms in total. The summed E-state index contributed by atoms with van der Waals surface area (Å²) in [5, 5.41) is 4.33. The molecule has 1 aliphatic heterocycles. The number of anilines is 1. The summed E-state index contributed by atoms with van der Waals surface area (Å²) >= 11 is 0. The van der Waals surface area contributed by atoms with E-state index < -0.39 is 0 Å². The van der Waals surface area contributed by atoms with Crippen LogP contribution in [0.4, 0.5) is 14.9 Å². The molecule has 1 atom stereocenters. The molecule has 1 unspecified atom stereocenters. The first-order valence-electron chi connectivity index (χ1n) is 10.4. The van der Waals surface area contributed by atoms with Crippen LogP contribution in [0.1, 0.15) is 43.6 Å². The molecular formula is C23H26FN3O3. The Morgan fingerprint density at radius 3 is 2.60 bits per heavy atom. The predicted molar refractivity (Wildman–Crippen MR) is 113 cm³/mol. The van der Waals surface area contributed by atoms with Crippen LogP contribution in [0.2, 0.25) is 0 Å². The molecule has 0 spiro atoms. The number of hydrogen-bond donors (Lipinski definition) is 1. The third kappa shape index (κ3) is 4.90. The Bertz CT molecular complexity index is 909. The lowest BCUT2D eigenvalue weighted by Gasteiger charge is -2.24. The number of carbonyl (C=O) groups excluding carboxylic acids is 1. The lowest BCUT2D eigenvalue weighted by Crippen LogP contribution is -2.32. The van der Waals surface area contributed by atoms with E-state index in [1.807, 2.05) is 18.2 Å². The van der Waals surface area contributed by atoms with Crippen LogP contribution < -0.4 is 10.5 Å². The number of oxime groups is 1. The first-order valence-corrected chi connectivity index (χ1v) is 10.4. The van der Waals surface area contributed by atoms with E-state index in [2.05, 4.69) is 5.16 Å². The maximum absolute atomic E-state index is 14.1. The van der Waals surface area contributed by atoms with Crippen LogP contribution >= 0.6 is 0 Å². The first-order chi connectivity index (χ1) is 14.6. The molecule has 158 valence electrons. The zero-order valence-electron chi connectivity index (χ0n) is 16.8. The van der Waals surface area contributed by atoms with Gasteiger partial charge in [-0.2, -0.15) is 0 Å². The van der Waals surface area contributed by atoms with Crippen LogP contribution in [0, 0.1) is 5.82 Å². The Balaban J connectivity index is 1.24. The highest BCUT2D eigenvalue weighted by Gasteiger charge is 2.29. The number of nitrogens with zero attached hydrogens (tertiary/aromatic N) is 2. The van der Waals surface area contributed by atoms with Gasteiger partial charge in [-0.25, -0.2) is 9.18 Å². The van der Waals surface area contributed by atoms with E-state index in [0.717, 1.165) is 43.4 Å². The maximum atomic E-state index is 14.1. The van der Waals surface area contributed by atoms with Crippen molar-refractivity contribution in [2.24, 2.45) is 5.16 Å². The van der Waals surface area contributed by atoms with Gasteiger partial charge in [0.05, 0.1) is 12.3 Å². The van der Waals surface area contributed by atoms with Gasteiger partial charge in [-0.05, 0) is 61.4 Å². The predicted octanol–water partition coefficient (Wildman–Crippen LogP) is 4.71. The average Bonchev–Trinajstić information content (AvgIpc) is 3.23. The third-order valence-electron chi connectivity index (χ3n) is 5.71. The van der Waals surface area contributed by atoms with Gasteiger partial charge in [-0.15, -0.1) is 0 Å². The molecule has 7 heteroatoms. The molecule has 1 amide bonds. The molecule has 1 heterocycles. The summed E-state index contributed by atoms with van der Waals surface area (Å²) in [6.07, 6.45) is 3.45. The summed E-state index contributed by atoms with van der Waals surface area (Å²) < 4.78 is 19.5. The van der Waals surface area contributed by atoms with E-state index in [0.29, 0.717) is 24.5 Å². The molecule has 2 fully saturated rings. The molecule has 2 aromatic carbocycles. The minimum atomic E-state index is -0.369. The smallest absolute Gasteiger partial charge is 0.410 e. The molecular weight excluding hydrogens is 385 g/mol. The number of ether oxygens (including phenoxy) is 1. The summed E-state index contributed by atoms with van der Waals surface area (Å²) in [5.74, 6) is 0.478. The molecule has 30 heavy (non-hydrogen) atoms. The van der Waals surface area contributed by atoms with E-state index in [1.54, 1.807) is 29.2 Å². The van der Waals surface area contributed by atoms with Crippen LogP contribution in [0.5, 0.6) is 5.75 Å². The number of rotatable bonds is 4. The molecule has 2 N–H and O–H groups in total. The molecule has 0 aromatic heterocycles. The van der Waals surface area contributed by atoms with Gasteiger partial charge in [0.2, 0.25) is 0 Å². The summed E-state index contributed by atoms with van der Waals surface area (Å²) in [7, 11) is 0. The number of carbonyl (C=O) groups is 1. The lowest BCUT2D eigenvalue weighted by atomic mass is 9.83. The number of hydrogen-bond acceptors (Lipinski definition) is 5. The van der Waals surface area contributed by atoms with Crippen LogP contribution in [0.15, 0.2) is 53.7 Å². The Morgan fingerprint density at radius 2 is 1.87 bits per heavy atom. The highest BCUT2D eigenvalue weighted by Crippen LogP contribution is 2.34. The molecule has 4 rings (SSSR count). The van der Waals surface area contributed by atoms with Gasteiger partial charge in [-0.1, -0.05) is 29.4 Å². The fourth-order valence-electron chi connectivity index (χ4n) is 4.01. The van der Waals surface area contributed by atoms with Crippen molar-refractivity contribution >= 4 is 17.5 Å². The monoisotopic (exact) mass is 411 g/mol. The van der Waals surface area contributed by atoms with Crippen molar-refractivity contribution in [2.75, 3.05) is 18.8 Å². The largest absolute Gasteiger partial charge is 0.415 e. The van der Waals surface area contributed by atoms with Crippen molar-refractivity contribution in [3.63, 3.8) is 0 Å². The van der Waals surface area contributed by atoms with Gasteiger partial charge in [0, 0.05) is 18.7 Å². The van der Waals surface area contributed by atoms with Crippen LogP contribution in [0.3, 0.4) is 0 Å². The molecule has 1 saturated heterocycles. The van der Waals surface area contributed by atoms with Gasteiger partial charge in [0.25, 0.3) is 0 Å². The normalized spacial score (nSPS) is 21.4. The second-order valence-electron chi connectivity index (χ2n) is 7.86. The fourth-order valence-corrected chi connectivity index (χ4v) is 4.01. The van der Waals surface area contributed by atoms with E-state index in [1.165, 1.54) is 6.07 Å². The Morgan fingerprint density at radius 1 is 1.10 bits per heavy atom. The van der Waals surface area contributed by atoms with Gasteiger partial charge >= 0.3 is 6.09 Å². The van der Waals surface area contributed by atoms with Crippen molar-refractivity contribution in [1.29, 1.82) is 0 Å². The molecule has 2 aliphatic rings. The standard InChI is InChI=1S/C23H26FN3O3/c24-22-14-17(25)8-11-21(22)16-6-9-18(10-7-16)26-30-20-12-13-27(15-20)23(28)29-19-4-2-1-3-5-19/h1-5,8,11,14,16,20H,6-7,9-10,12-13,15,25H2. The number of para-hydroxylation sites is 1.